The van der Waals surface area contributed by atoms with Crippen LogP contribution >= 0.6 is 0 Å². The molecule has 0 bridgehead atoms. The van der Waals surface area contributed by atoms with Crippen LogP contribution in [-0.2, 0) is 9.31 Å². The van der Waals surface area contributed by atoms with Gasteiger partial charge in [-0.05, 0) is 46.5 Å². The van der Waals surface area contributed by atoms with Crippen molar-refractivity contribution in [3.63, 3.8) is 0 Å². The number of hydrogen-bond acceptors (Lipinski definition) is 3. The van der Waals surface area contributed by atoms with E-state index in [-0.39, 0.29) is 18.3 Å². The predicted molar refractivity (Wildman–Crippen MR) is 59.1 cm³/mol. The molecular formula is C10H22BNO2. The van der Waals surface area contributed by atoms with Crippen molar-refractivity contribution in [2.24, 2.45) is 11.7 Å². The predicted octanol–water partition coefficient (Wildman–Crippen LogP) is 1.67. The Morgan fingerprint density at radius 1 is 1.14 bits per heavy atom. The van der Waals surface area contributed by atoms with E-state index in [0.717, 1.165) is 6.32 Å². The van der Waals surface area contributed by atoms with Crippen LogP contribution in [0.15, 0.2) is 0 Å². The Hall–Kier alpha value is -0.0551. The molecule has 1 saturated heterocycles. The van der Waals surface area contributed by atoms with Crippen molar-refractivity contribution >= 4 is 7.12 Å². The van der Waals surface area contributed by atoms with Gasteiger partial charge < -0.3 is 15.0 Å². The standard InChI is InChI=1S/C10H22BNO2/c1-8(7-12)6-11-13-9(2,3)10(4,5)14-11/h8H,6-7,12H2,1-5H3. The molecule has 0 radical (unpaired) electrons. The third kappa shape index (κ3) is 2.30. The lowest BCUT2D eigenvalue weighted by molar-refractivity contribution is 0.00578. The topological polar surface area (TPSA) is 44.5 Å². The Kier molecular flexibility index (Phi) is 3.29. The van der Waals surface area contributed by atoms with E-state index in [1.165, 1.54) is 0 Å². The van der Waals surface area contributed by atoms with Crippen molar-refractivity contribution in [1.82, 2.24) is 0 Å². The van der Waals surface area contributed by atoms with Crippen LogP contribution in [0, 0.1) is 5.92 Å². The van der Waals surface area contributed by atoms with Crippen LogP contribution in [0.4, 0.5) is 0 Å². The molecule has 0 spiro atoms. The molecule has 0 aromatic rings. The minimum absolute atomic E-state index is 0.0986. The Balaban J connectivity index is 2.55. The number of nitrogens with two attached hydrogens (primary N) is 1. The Labute approximate surface area is 87.5 Å². The molecule has 0 amide bonds. The second kappa shape index (κ2) is 3.84. The molecule has 14 heavy (non-hydrogen) atoms. The maximum absolute atomic E-state index is 5.86. The van der Waals surface area contributed by atoms with Gasteiger partial charge >= 0.3 is 7.12 Å². The molecule has 1 atom stereocenters. The molecule has 1 heterocycles. The first-order valence-electron chi connectivity index (χ1n) is 5.34. The average Bonchev–Trinajstić information content (AvgIpc) is 2.20. The molecule has 2 N–H and O–H groups in total. The minimum Gasteiger partial charge on any atom is -0.403 e. The number of hydrogen-bond donors (Lipinski definition) is 1. The van der Waals surface area contributed by atoms with Crippen molar-refractivity contribution < 1.29 is 9.31 Å². The smallest absolute Gasteiger partial charge is 0.403 e. The summed E-state index contributed by atoms with van der Waals surface area (Å²) < 4.78 is 11.7. The highest BCUT2D eigenvalue weighted by Gasteiger charge is 2.50. The van der Waals surface area contributed by atoms with Crippen LogP contribution in [0.3, 0.4) is 0 Å². The van der Waals surface area contributed by atoms with Crippen LogP contribution in [0.25, 0.3) is 0 Å². The van der Waals surface area contributed by atoms with Gasteiger partial charge in [0.1, 0.15) is 0 Å². The molecule has 0 aliphatic carbocycles. The molecule has 82 valence electrons. The lowest BCUT2D eigenvalue weighted by Crippen LogP contribution is -2.41. The van der Waals surface area contributed by atoms with Gasteiger partial charge in [0.05, 0.1) is 11.2 Å². The fourth-order valence-electron chi connectivity index (χ4n) is 1.49. The molecule has 4 heteroatoms. The summed E-state index contributed by atoms with van der Waals surface area (Å²) in [5.74, 6) is 0.449. The highest BCUT2D eigenvalue weighted by atomic mass is 16.7. The maximum Gasteiger partial charge on any atom is 0.458 e. The van der Waals surface area contributed by atoms with Crippen molar-refractivity contribution in [1.29, 1.82) is 0 Å². The molecule has 1 unspecified atom stereocenters. The molecule has 1 rings (SSSR count). The summed E-state index contributed by atoms with van der Waals surface area (Å²) in [7, 11) is -0.0986. The van der Waals surface area contributed by atoms with Crippen LogP contribution in [0.5, 0.6) is 0 Å². The Morgan fingerprint density at radius 3 is 1.93 bits per heavy atom. The molecule has 1 aliphatic rings. The van der Waals surface area contributed by atoms with Gasteiger partial charge in [-0.25, -0.2) is 0 Å². The van der Waals surface area contributed by atoms with Gasteiger partial charge in [0.25, 0.3) is 0 Å². The van der Waals surface area contributed by atoms with E-state index in [1.54, 1.807) is 0 Å². The van der Waals surface area contributed by atoms with Crippen molar-refractivity contribution in [3.8, 4) is 0 Å². The van der Waals surface area contributed by atoms with Crippen LogP contribution in [-0.4, -0.2) is 24.9 Å². The first-order chi connectivity index (χ1) is 6.28. The van der Waals surface area contributed by atoms with E-state index >= 15 is 0 Å². The van der Waals surface area contributed by atoms with E-state index < -0.39 is 0 Å². The second-order valence-corrected chi connectivity index (χ2v) is 5.26. The van der Waals surface area contributed by atoms with Gasteiger partial charge in [-0.1, -0.05) is 6.92 Å². The van der Waals surface area contributed by atoms with Gasteiger partial charge in [0.15, 0.2) is 0 Å². The third-order valence-electron chi connectivity index (χ3n) is 3.30. The normalized spacial score (nSPS) is 26.6. The van der Waals surface area contributed by atoms with E-state index in [2.05, 4.69) is 34.6 Å². The zero-order valence-corrected chi connectivity index (χ0v) is 9.96. The highest BCUT2D eigenvalue weighted by Crippen LogP contribution is 2.38. The van der Waals surface area contributed by atoms with Gasteiger partial charge in [-0.3, -0.25) is 0 Å². The fraction of sp³-hybridized carbons (Fsp3) is 1.00. The number of rotatable bonds is 3. The van der Waals surface area contributed by atoms with Gasteiger partial charge in [0, 0.05) is 0 Å². The summed E-state index contributed by atoms with van der Waals surface area (Å²) in [6.07, 6.45) is 0.878. The van der Waals surface area contributed by atoms with E-state index in [4.69, 9.17) is 15.0 Å². The lowest BCUT2D eigenvalue weighted by atomic mass is 9.78. The summed E-state index contributed by atoms with van der Waals surface area (Å²) in [6.45, 7) is 11.1. The molecular weight excluding hydrogens is 177 g/mol. The summed E-state index contributed by atoms with van der Waals surface area (Å²) in [6, 6.07) is 0. The monoisotopic (exact) mass is 199 g/mol. The lowest BCUT2D eigenvalue weighted by Gasteiger charge is -2.32. The summed E-state index contributed by atoms with van der Waals surface area (Å²) in [4.78, 5) is 0. The van der Waals surface area contributed by atoms with Crippen LogP contribution < -0.4 is 5.73 Å². The van der Waals surface area contributed by atoms with Crippen molar-refractivity contribution in [3.05, 3.63) is 0 Å². The SMILES string of the molecule is CC(CN)CB1OC(C)(C)C(C)(C)O1. The van der Waals surface area contributed by atoms with E-state index in [0.29, 0.717) is 12.5 Å². The first-order valence-corrected chi connectivity index (χ1v) is 5.34. The quantitative estimate of drug-likeness (QED) is 0.703. The van der Waals surface area contributed by atoms with Crippen molar-refractivity contribution in [2.45, 2.75) is 52.1 Å². The second-order valence-electron chi connectivity index (χ2n) is 5.26. The van der Waals surface area contributed by atoms with Crippen molar-refractivity contribution in [2.75, 3.05) is 6.54 Å². The zero-order chi connectivity index (χ0) is 11.0. The highest BCUT2D eigenvalue weighted by molar-refractivity contribution is 6.45. The molecule has 0 saturated carbocycles. The molecule has 1 aliphatic heterocycles. The zero-order valence-electron chi connectivity index (χ0n) is 9.96. The largest absolute Gasteiger partial charge is 0.458 e. The van der Waals surface area contributed by atoms with Gasteiger partial charge in [-0.15, -0.1) is 0 Å². The van der Waals surface area contributed by atoms with Gasteiger partial charge in [-0.2, -0.15) is 0 Å². The summed E-state index contributed by atoms with van der Waals surface area (Å²) in [5.41, 5.74) is 5.14. The Morgan fingerprint density at radius 2 is 1.57 bits per heavy atom. The minimum atomic E-state index is -0.216. The maximum atomic E-state index is 5.86. The molecule has 1 fully saturated rings. The molecule has 0 aromatic heterocycles. The molecule has 0 aromatic carbocycles. The Bertz CT molecular complexity index is 190. The molecule has 3 nitrogen and oxygen atoms in total. The van der Waals surface area contributed by atoms with Crippen LogP contribution in [0.2, 0.25) is 6.32 Å². The van der Waals surface area contributed by atoms with Crippen LogP contribution in [0.1, 0.15) is 34.6 Å². The fourth-order valence-corrected chi connectivity index (χ4v) is 1.49. The van der Waals surface area contributed by atoms with Gasteiger partial charge in [0.2, 0.25) is 0 Å². The average molecular weight is 199 g/mol. The van der Waals surface area contributed by atoms with E-state index in [1.807, 2.05) is 0 Å². The first kappa shape index (κ1) is 12.0. The third-order valence-corrected chi connectivity index (χ3v) is 3.30. The summed E-state index contributed by atoms with van der Waals surface area (Å²) >= 11 is 0. The van der Waals surface area contributed by atoms with E-state index in [9.17, 15) is 0 Å². The summed E-state index contributed by atoms with van der Waals surface area (Å²) in [5, 5.41) is 0.